The number of halogens is 3. The lowest BCUT2D eigenvalue weighted by Crippen LogP contribution is -2.38. The van der Waals surface area contributed by atoms with Gasteiger partial charge < -0.3 is 14.4 Å². The number of hydrogen-bond donors (Lipinski definition) is 0. The number of carbonyl (C=O) groups is 1. The van der Waals surface area contributed by atoms with Gasteiger partial charge in [-0.1, -0.05) is 12.1 Å². The normalized spacial score (nSPS) is 16.4. The first kappa shape index (κ1) is 22.6. The third-order valence-corrected chi connectivity index (χ3v) is 6.16. The third kappa shape index (κ3) is 4.95. The highest BCUT2D eigenvalue weighted by Gasteiger charge is 2.32. The van der Waals surface area contributed by atoms with E-state index in [-0.39, 0.29) is 19.0 Å². The van der Waals surface area contributed by atoms with Crippen LogP contribution in [0.15, 0.2) is 47.5 Å². The van der Waals surface area contributed by atoms with E-state index in [2.05, 4.69) is 15.0 Å². The van der Waals surface area contributed by atoms with Gasteiger partial charge >= 0.3 is 11.9 Å². The monoisotopic (exact) mass is 477 g/mol. The maximum Gasteiger partial charge on any atom is 0.425 e. The van der Waals surface area contributed by atoms with Crippen molar-refractivity contribution in [1.29, 1.82) is 0 Å². The number of alkyl halides is 3. The van der Waals surface area contributed by atoms with Gasteiger partial charge in [-0.05, 0) is 23.8 Å². The number of methoxy groups -OCH3 is 1. The molecule has 1 atom stereocenters. The fourth-order valence-corrected chi connectivity index (χ4v) is 4.30. The third-order valence-electron chi connectivity index (χ3n) is 5.04. The molecule has 33 heavy (non-hydrogen) atoms. The van der Waals surface area contributed by atoms with Gasteiger partial charge in [-0.25, -0.2) is 14.8 Å². The maximum absolute atomic E-state index is 12.8. The lowest BCUT2D eigenvalue weighted by atomic mass is 9.93. The molecule has 0 spiro atoms. The van der Waals surface area contributed by atoms with Crippen molar-refractivity contribution in [3.8, 4) is 5.88 Å². The minimum Gasteiger partial charge on any atom is -0.481 e. The molecule has 0 amide bonds. The minimum absolute atomic E-state index is 0.0671. The predicted molar refractivity (Wildman–Crippen MR) is 115 cm³/mol. The van der Waals surface area contributed by atoms with E-state index in [0.717, 1.165) is 22.5 Å². The number of ether oxygens (including phenoxy) is 1. The number of aromatic nitrogens is 4. The molecule has 0 fully saturated rings. The molecule has 0 N–H and O–H groups in total. The van der Waals surface area contributed by atoms with Crippen LogP contribution in [-0.2, 0) is 17.5 Å². The molecule has 0 aliphatic carbocycles. The number of aldehydes is 1. The van der Waals surface area contributed by atoms with Crippen LogP contribution in [0.2, 0.25) is 0 Å². The van der Waals surface area contributed by atoms with Crippen molar-refractivity contribution < 1.29 is 22.7 Å². The molecule has 0 aromatic carbocycles. The van der Waals surface area contributed by atoms with E-state index in [4.69, 9.17) is 4.74 Å². The molecular formula is C21H18F3N5O3S. The van der Waals surface area contributed by atoms with Crippen molar-refractivity contribution in [2.75, 3.05) is 25.1 Å². The maximum atomic E-state index is 12.8. The Morgan fingerprint density at radius 1 is 1.24 bits per heavy atom. The van der Waals surface area contributed by atoms with E-state index in [1.54, 1.807) is 23.1 Å². The van der Waals surface area contributed by atoms with E-state index >= 15 is 0 Å². The number of nitrogens with zero attached hydrogens (tertiary/aromatic N) is 5. The highest BCUT2D eigenvalue weighted by molar-refractivity contribution is 7.12. The first-order chi connectivity index (χ1) is 15.8. The molecule has 1 aliphatic heterocycles. The van der Waals surface area contributed by atoms with Gasteiger partial charge in [0.15, 0.2) is 0 Å². The second-order valence-electron chi connectivity index (χ2n) is 7.20. The summed E-state index contributed by atoms with van der Waals surface area (Å²) < 4.78 is 44.6. The lowest BCUT2D eigenvalue weighted by Gasteiger charge is -2.30. The second kappa shape index (κ2) is 9.14. The Hall–Kier alpha value is -3.54. The summed E-state index contributed by atoms with van der Waals surface area (Å²) in [6, 6.07) is 7.58. The summed E-state index contributed by atoms with van der Waals surface area (Å²) in [4.78, 5) is 38.1. The van der Waals surface area contributed by atoms with Gasteiger partial charge in [0.1, 0.15) is 17.5 Å². The Kier molecular flexibility index (Phi) is 6.27. The first-order valence-corrected chi connectivity index (χ1v) is 10.6. The van der Waals surface area contributed by atoms with Gasteiger partial charge in [-0.15, -0.1) is 11.3 Å². The van der Waals surface area contributed by atoms with Crippen molar-refractivity contribution in [1.82, 2.24) is 19.5 Å². The Bertz CT molecular complexity index is 1250. The van der Waals surface area contributed by atoms with Crippen LogP contribution < -0.4 is 15.3 Å². The molecule has 1 aliphatic rings. The van der Waals surface area contributed by atoms with Gasteiger partial charge in [0.2, 0.25) is 11.8 Å². The van der Waals surface area contributed by atoms with Crippen LogP contribution in [0.3, 0.4) is 0 Å². The smallest absolute Gasteiger partial charge is 0.425 e. The molecule has 3 aromatic heterocycles. The van der Waals surface area contributed by atoms with E-state index in [1.165, 1.54) is 19.5 Å². The van der Waals surface area contributed by atoms with Crippen LogP contribution in [0.1, 0.15) is 15.4 Å². The first-order valence-electron chi connectivity index (χ1n) is 9.79. The van der Waals surface area contributed by atoms with Crippen LogP contribution in [0.25, 0.3) is 5.57 Å². The number of pyridine rings is 1. The zero-order valence-electron chi connectivity index (χ0n) is 17.3. The molecule has 4 rings (SSSR count). The van der Waals surface area contributed by atoms with Gasteiger partial charge in [-0.3, -0.25) is 4.57 Å². The molecule has 4 heterocycles. The number of thiophene rings is 1. The number of carbonyl (C=O) groups excluding carboxylic acids is 1. The van der Waals surface area contributed by atoms with Crippen LogP contribution in [0.4, 0.5) is 19.1 Å². The predicted octanol–water partition coefficient (Wildman–Crippen LogP) is 2.89. The molecule has 3 aromatic rings. The van der Waals surface area contributed by atoms with Crippen LogP contribution in [0.5, 0.6) is 5.88 Å². The number of rotatable bonds is 6. The quantitative estimate of drug-likeness (QED) is 0.505. The van der Waals surface area contributed by atoms with Crippen LogP contribution in [-0.4, -0.2) is 46.0 Å². The van der Waals surface area contributed by atoms with E-state index < -0.39 is 22.7 Å². The molecule has 172 valence electrons. The summed E-state index contributed by atoms with van der Waals surface area (Å²) in [5.41, 5.74) is 0.720. The van der Waals surface area contributed by atoms with Crippen LogP contribution >= 0.6 is 11.3 Å². The van der Waals surface area contributed by atoms with Crippen molar-refractivity contribution in [3.63, 3.8) is 0 Å². The molecular weight excluding hydrogens is 459 g/mol. The highest BCUT2D eigenvalue weighted by Crippen LogP contribution is 2.34. The fraction of sp³-hybridized carbons (Fsp3) is 0.286. The molecule has 0 radical (unpaired) electrons. The molecule has 0 saturated heterocycles. The fourth-order valence-electron chi connectivity index (χ4n) is 3.43. The number of anilines is 1. The topological polar surface area (TPSA) is 90.2 Å². The zero-order valence-corrected chi connectivity index (χ0v) is 18.1. The molecule has 0 bridgehead atoms. The Morgan fingerprint density at radius 3 is 2.73 bits per heavy atom. The van der Waals surface area contributed by atoms with Gasteiger partial charge in [-0.2, -0.15) is 18.2 Å². The molecule has 8 nitrogen and oxygen atoms in total. The molecule has 0 saturated carbocycles. The summed E-state index contributed by atoms with van der Waals surface area (Å²) in [6.07, 6.45) is -0.556. The van der Waals surface area contributed by atoms with E-state index in [9.17, 15) is 22.8 Å². The van der Waals surface area contributed by atoms with E-state index in [0.29, 0.717) is 34.3 Å². The highest BCUT2D eigenvalue weighted by atomic mass is 32.1. The van der Waals surface area contributed by atoms with Gasteiger partial charge in [0.25, 0.3) is 0 Å². The van der Waals surface area contributed by atoms with Crippen molar-refractivity contribution >= 4 is 29.1 Å². The Morgan fingerprint density at radius 2 is 2.06 bits per heavy atom. The Balaban J connectivity index is 1.52. The SMILES string of the molecule is COc1cccc(C2=CCN(c3ncn(Cc4ccc(C(F)(F)F)s4)c(=O)n3)CC2C=O)n1. The minimum atomic E-state index is -4.43. The molecule has 1 unspecified atom stereocenters. The summed E-state index contributed by atoms with van der Waals surface area (Å²) in [5.74, 6) is 0.0518. The van der Waals surface area contributed by atoms with Crippen molar-refractivity contribution in [2.24, 2.45) is 5.92 Å². The van der Waals surface area contributed by atoms with Gasteiger partial charge in [0, 0.05) is 24.0 Å². The average molecular weight is 477 g/mol. The van der Waals surface area contributed by atoms with Gasteiger partial charge in [0.05, 0.1) is 25.3 Å². The van der Waals surface area contributed by atoms with Crippen LogP contribution in [0, 0.1) is 5.92 Å². The lowest BCUT2D eigenvalue weighted by molar-refractivity contribution is -0.134. The van der Waals surface area contributed by atoms with Crippen molar-refractivity contribution in [3.05, 3.63) is 68.7 Å². The zero-order chi connectivity index (χ0) is 23.6. The largest absolute Gasteiger partial charge is 0.481 e. The second-order valence-corrected chi connectivity index (χ2v) is 8.37. The summed E-state index contributed by atoms with van der Waals surface area (Å²) in [7, 11) is 1.51. The summed E-state index contributed by atoms with van der Waals surface area (Å²) in [5, 5.41) is 0. The summed E-state index contributed by atoms with van der Waals surface area (Å²) in [6.45, 7) is 0.530. The number of hydrogen-bond acceptors (Lipinski definition) is 8. The Labute approximate surface area is 190 Å². The average Bonchev–Trinajstić information content (AvgIpc) is 3.29. The van der Waals surface area contributed by atoms with E-state index in [1.807, 2.05) is 6.08 Å². The van der Waals surface area contributed by atoms with Crippen molar-refractivity contribution in [2.45, 2.75) is 12.7 Å². The summed E-state index contributed by atoms with van der Waals surface area (Å²) >= 11 is 0.567. The molecule has 12 heteroatoms. The standard InChI is InChI=1S/C21H18F3N5O3S/c1-32-18-4-2-3-16(26-18)15-7-8-28(9-13(15)11-30)19-25-12-29(20(31)27-19)10-14-5-6-17(33-14)21(22,23)24/h2-7,11-13H,8-10H2,1H3.